The van der Waals surface area contributed by atoms with E-state index in [0.29, 0.717) is 49.2 Å². The molecule has 1 aromatic heterocycles. The summed E-state index contributed by atoms with van der Waals surface area (Å²) in [6.07, 6.45) is 1.77. The highest BCUT2D eigenvalue weighted by molar-refractivity contribution is 7.07. The van der Waals surface area contributed by atoms with Crippen LogP contribution < -0.4 is 24.9 Å². The van der Waals surface area contributed by atoms with Crippen molar-refractivity contribution in [2.75, 3.05) is 11.9 Å². The van der Waals surface area contributed by atoms with Crippen molar-refractivity contribution in [2.24, 2.45) is 4.99 Å². The fraction of sp³-hybridized carbons (Fsp3) is 0.138. The molecule has 0 radical (unpaired) electrons. The fourth-order valence-corrected chi connectivity index (χ4v) is 5.56. The Morgan fingerprint density at radius 2 is 1.81 bits per heavy atom. The highest BCUT2D eigenvalue weighted by Gasteiger charge is 2.32. The van der Waals surface area contributed by atoms with Crippen molar-refractivity contribution in [3.63, 3.8) is 0 Å². The van der Waals surface area contributed by atoms with Gasteiger partial charge in [0.15, 0.2) is 4.80 Å². The van der Waals surface area contributed by atoms with Crippen molar-refractivity contribution in [3.05, 3.63) is 126 Å². The maximum atomic E-state index is 13.8. The summed E-state index contributed by atoms with van der Waals surface area (Å²) in [5, 5.41) is 3.50. The molecule has 3 aromatic carbocycles. The Morgan fingerprint density at radius 1 is 1.11 bits per heavy atom. The molecule has 8 heteroatoms. The second-order valence-corrected chi connectivity index (χ2v) is 9.87. The van der Waals surface area contributed by atoms with Crippen LogP contribution in [-0.4, -0.2) is 17.1 Å². The molecule has 1 aliphatic heterocycles. The van der Waals surface area contributed by atoms with Gasteiger partial charge < -0.3 is 10.1 Å². The molecule has 4 aromatic rings. The van der Waals surface area contributed by atoms with E-state index in [1.165, 1.54) is 11.3 Å². The van der Waals surface area contributed by atoms with Crippen LogP contribution in [0.2, 0.25) is 5.02 Å². The topological polar surface area (TPSA) is 72.7 Å². The summed E-state index contributed by atoms with van der Waals surface area (Å²) in [6.45, 7) is 4.19. The molecule has 0 fully saturated rings. The zero-order valence-corrected chi connectivity index (χ0v) is 21.8. The van der Waals surface area contributed by atoms with Crippen LogP contribution in [0.1, 0.15) is 31.0 Å². The number of amides is 1. The molecule has 0 bridgehead atoms. The van der Waals surface area contributed by atoms with Crippen LogP contribution in [0.25, 0.3) is 6.08 Å². The molecule has 5 rings (SSSR count). The summed E-state index contributed by atoms with van der Waals surface area (Å²) in [4.78, 5) is 32.6. The first-order valence-corrected chi connectivity index (χ1v) is 13.0. The zero-order valence-electron chi connectivity index (χ0n) is 20.3. The summed E-state index contributed by atoms with van der Waals surface area (Å²) in [5.74, 6) is 0.334. The predicted octanol–water partition coefficient (Wildman–Crippen LogP) is 4.93. The van der Waals surface area contributed by atoms with E-state index in [1.54, 1.807) is 35.8 Å². The van der Waals surface area contributed by atoms with Gasteiger partial charge in [-0.1, -0.05) is 71.5 Å². The van der Waals surface area contributed by atoms with Crippen LogP contribution in [0.15, 0.2) is 99.9 Å². The van der Waals surface area contributed by atoms with Crippen LogP contribution in [0.4, 0.5) is 5.69 Å². The molecule has 2 heterocycles. The van der Waals surface area contributed by atoms with Gasteiger partial charge in [0, 0.05) is 16.3 Å². The lowest BCUT2D eigenvalue weighted by molar-refractivity contribution is -0.113. The normalized spacial score (nSPS) is 15.2. The first-order chi connectivity index (χ1) is 18.0. The molecule has 1 aliphatic rings. The van der Waals surface area contributed by atoms with E-state index in [9.17, 15) is 9.59 Å². The van der Waals surface area contributed by atoms with Gasteiger partial charge in [-0.05, 0) is 55.8 Å². The van der Waals surface area contributed by atoms with E-state index in [-0.39, 0.29) is 11.5 Å². The van der Waals surface area contributed by atoms with Crippen LogP contribution in [0.5, 0.6) is 5.75 Å². The van der Waals surface area contributed by atoms with Gasteiger partial charge >= 0.3 is 0 Å². The second kappa shape index (κ2) is 10.6. The molecule has 0 spiro atoms. The number of ether oxygens (including phenoxy) is 1. The third-order valence-electron chi connectivity index (χ3n) is 5.97. The molecule has 6 nitrogen and oxygen atoms in total. The number of hydrogen-bond acceptors (Lipinski definition) is 5. The summed E-state index contributed by atoms with van der Waals surface area (Å²) >= 11 is 7.51. The third kappa shape index (κ3) is 5.01. The maximum absolute atomic E-state index is 13.8. The summed E-state index contributed by atoms with van der Waals surface area (Å²) < 4.78 is 7.81. The van der Waals surface area contributed by atoms with Crippen LogP contribution >= 0.6 is 22.9 Å². The monoisotopic (exact) mass is 529 g/mol. The Balaban J connectivity index is 1.67. The van der Waals surface area contributed by atoms with E-state index < -0.39 is 6.04 Å². The van der Waals surface area contributed by atoms with Crippen molar-refractivity contribution in [1.29, 1.82) is 0 Å². The lowest BCUT2D eigenvalue weighted by atomic mass is 9.95. The average Bonchev–Trinajstić information content (AvgIpc) is 3.20. The molecular weight excluding hydrogens is 506 g/mol. The molecule has 1 N–H and O–H groups in total. The smallest absolute Gasteiger partial charge is 0.271 e. The van der Waals surface area contributed by atoms with Gasteiger partial charge in [0.25, 0.3) is 11.5 Å². The number of anilines is 1. The third-order valence-corrected chi connectivity index (χ3v) is 7.19. The van der Waals surface area contributed by atoms with Gasteiger partial charge in [0.05, 0.1) is 28.5 Å². The Bertz CT molecular complexity index is 1680. The fourth-order valence-electron chi connectivity index (χ4n) is 4.34. The minimum absolute atomic E-state index is 0.238. The SMILES string of the molecule is CCOc1ccc(Cl)cc1/C=c1\sc2n(c1=O)[C@H](c1ccccc1)C(C(=O)Nc1ccccc1)=C(C)N=2. The molecule has 0 saturated carbocycles. The lowest BCUT2D eigenvalue weighted by Crippen LogP contribution is -2.40. The Kier molecular flexibility index (Phi) is 7.08. The number of nitrogens with zero attached hydrogens (tertiary/aromatic N) is 2. The Labute approximate surface area is 222 Å². The van der Waals surface area contributed by atoms with Gasteiger partial charge in [-0.2, -0.15) is 0 Å². The molecule has 1 atom stereocenters. The summed E-state index contributed by atoms with van der Waals surface area (Å²) in [6, 6.07) is 23.4. The standard InChI is InChI=1S/C29H24ClN3O3S/c1-3-36-23-15-14-21(30)16-20(23)17-24-28(35)33-26(19-10-6-4-7-11-19)25(18(2)31-29(33)37-24)27(34)32-22-12-8-5-9-13-22/h4-17,26H,3H2,1-2H3,(H,32,34)/b24-17-/t26-/m1/s1. The summed E-state index contributed by atoms with van der Waals surface area (Å²) in [7, 11) is 0. The molecular formula is C29H24ClN3O3S. The van der Waals surface area contributed by atoms with Crippen molar-refractivity contribution >= 4 is 40.6 Å². The number of carbonyl (C=O) groups is 1. The van der Waals surface area contributed by atoms with Crippen molar-refractivity contribution in [3.8, 4) is 5.75 Å². The van der Waals surface area contributed by atoms with Gasteiger partial charge in [-0.3, -0.25) is 14.2 Å². The molecule has 0 aliphatic carbocycles. The van der Waals surface area contributed by atoms with Crippen molar-refractivity contribution < 1.29 is 9.53 Å². The maximum Gasteiger partial charge on any atom is 0.271 e. The van der Waals surface area contributed by atoms with Gasteiger partial charge in [0.1, 0.15) is 5.75 Å². The quantitative estimate of drug-likeness (QED) is 0.385. The van der Waals surface area contributed by atoms with Crippen LogP contribution in [0, 0.1) is 0 Å². The van der Waals surface area contributed by atoms with E-state index >= 15 is 0 Å². The zero-order chi connectivity index (χ0) is 25.9. The number of carbonyl (C=O) groups excluding carboxylic acids is 1. The number of benzene rings is 3. The molecule has 37 heavy (non-hydrogen) atoms. The highest BCUT2D eigenvalue weighted by Crippen LogP contribution is 2.31. The second-order valence-electron chi connectivity index (χ2n) is 8.43. The predicted molar refractivity (Wildman–Crippen MR) is 148 cm³/mol. The van der Waals surface area contributed by atoms with Crippen molar-refractivity contribution in [2.45, 2.75) is 19.9 Å². The number of aromatic nitrogens is 1. The van der Waals surface area contributed by atoms with Gasteiger partial charge in [-0.15, -0.1) is 0 Å². The van der Waals surface area contributed by atoms with E-state index in [1.807, 2.05) is 67.6 Å². The number of allylic oxidation sites excluding steroid dienone is 1. The van der Waals surface area contributed by atoms with Crippen LogP contribution in [0.3, 0.4) is 0 Å². The largest absolute Gasteiger partial charge is 0.493 e. The lowest BCUT2D eigenvalue weighted by Gasteiger charge is -2.25. The Morgan fingerprint density at radius 3 is 2.51 bits per heavy atom. The van der Waals surface area contributed by atoms with Crippen molar-refractivity contribution in [1.82, 2.24) is 4.57 Å². The van der Waals surface area contributed by atoms with E-state index in [2.05, 4.69) is 10.3 Å². The van der Waals surface area contributed by atoms with E-state index in [0.717, 1.165) is 5.56 Å². The molecule has 0 saturated heterocycles. The Hall–Kier alpha value is -3.94. The molecule has 0 unspecified atom stereocenters. The summed E-state index contributed by atoms with van der Waals surface area (Å²) in [5.41, 5.74) is 2.94. The first-order valence-electron chi connectivity index (χ1n) is 11.8. The minimum atomic E-state index is -0.631. The number of para-hydroxylation sites is 1. The number of halogens is 1. The first kappa shape index (κ1) is 24.7. The minimum Gasteiger partial charge on any atom is -0.493 e. The van der Waals surface area contributed by atoms with Gasteiger partial charge in [0.2, 0.25) is 0 Å². The number of thiazole rings is 1. The number of rotatable bonds is 6. The molecule has 1 amide bonds. The number of nitrogens with one attached hydrogen (secondary N) is 1. The molecule has 186 valence electrons. The number of fused-ring (bicyclic) bond motifs is 1. The van der Waals surface area contributed by atoms with E-state index in [4.69, 9.17) is 16.3 Å². The van der Waals surface area contributed by atoms with Gasteiger partial charge in [-0.25, -0.2) is 4.99 Å². The number of hydrogen-bond donors (Lipinski definition) is 1. The van der Waals surface area contributed by atoms with Crippen LogP contribution in [-0.2, 0) is 4.79 Å². The highest BCUT2D eigenvalue weighted by atomic mass is 35.5. The average molecular weight is 530 g/mol.